The predicted molar refractivity (Wildman–Crippen MR) is 62.1 cm³/mol. The summed E-state index contributed by atoms with van der Waals surface area (Å²) in [6.45, 7) is 6.24. The highest BCUT2D eigenvalue weighted by Crippen LogP contribution is 2.33. The molecule has 1 aliphatic heterocycles. The van der Waals surface area contributed by atoms with Gasteiger partial charge in [0.25, 0.3) is 0 Å². The van der Waals surface area contributed by atoms with Gasteiger partial charge < -0.3 is 10.1 Å². The van der Waals surface area contributed by atoms with E-state index in [0.717, 1.165) is 25.3 Å². The largest absolute Gasteiger partial charge is 0.372 e. The Balaban J connectivity index is 1.93. The number of hydrogen-bond acceptors (Lipinski definition) is 4. The highest BCUT2D eigenvalue weighted by Gasteiger charge is 2.30. The molecule has 2 atom stereocenters. The minimum Gasteiger partial charge on any atom is -0.372 e. The standard InChI is InChI=1S/C11H18N2OS/c1-8(2)12-5-9-3-4-14-11(9)10-6-15-7-13-10/h6-9,11-12H,3-5H2,1-2H3. The van der Waals surface area contributed by atoms with Gasteiger partial charge in [0.1, 0.15) is 6.10 Å². The molecule has 1 saturated heterocycles. The number of ether oxygens (including phenoxy) is 1. The third-order valence-electron chi connectivity index (χ3n) is 2.75. The Morgan fingerprint density at radius 3 is 3.20 bits per heavy atom. The van der Waals surface area contributed by atoms with Gasteiger partial charge >= 0.3 is 0 Å². The predicted octanol–water partition coefficient (Wildman–Crippen LogP) is 2.22. The highest BCUT2D eigenvalue weighted by atomic mass is 32.1. The van der Waals surface area contributed by atoms with Gasteiger partial charge in [-0.15, -0.1) is 11.3 Å². The van der Waals surface area contributed by atoms with E-state index in [1.165, 1.54) is 0 Å². The van der Waals surface area contributed by atoms with Crippen LogP contribution in [0.15, 0.2) is 10.9 Å². The smallest absolute Gasteiger partial charge is 0.104 e. The van der Waals surface area contributed by atoms with Gasteiger partial charge in [-0.05, 0) is 6.42 Å². The average Bonchev–Trinajstić information content (AvgIpc) is 2.85. The average molecular weight is 226 g/mol. The number of rotatable bonds is 4. The second kappa shape index (κ2) is 5.05. The van der Waals surface area contributed by atoms with Crippen LogP contribution >= 0.6 is 11.3 Å². The topological polar surface area (TPSA) is 34.1 Å². The maximum Gasteiger partial charge on any atom is 0.104 e. The quantitative estimate of drug-likeness (QED) is 0.855. The van der Waals surface area contributed by atoms with E-state index in [1.54, 1.807) is 11.3 Å². The minimum atomic E-state index is 0.211. The van der Waals surface area contributed by atoms with E-state index in [1.807, 2.05) is 5.51 Å². The van der Waals surface area contributed by atoms with Crippen LogP contribution in [0.25, 0.3) is 0 Å². The molecule has 1 fully saturated rings. The molecule has 0 spiro atoms. The van der Waals surface area contributed by atoms with E-state index in [0.29, 0.717) is 12.0 Å². The van der Waals surface area contributed by atoms with Gasteiger partial charge in [0.15, 0.2) is 0 Å². The Hall–Kier alpha value is -0.450. The fourth-order valence-electron chi connectivity index (χ4n) is 1.92. The van der Waals surface area contributed by atoms with Crippen LogP contribution in [0.4, 0.5) is 0 Å². The number of nitrogens with zero attached hydrogens (tertiary/aromatic N) is 1. The van der Waals surface area contributed by atoms with Crippen LogP contribution in [-0.2, 0) is 4.74 Å². The van der Waals surface area contributed by atoms with Crippen molar-refractivity contribution in [1.29, 1.82) is 0 Å². The Kier molecular flexibility index (Phi) is 3.72. The van der Waals surface area contributed by atoms with Crippen molar-refractivity contribution < 1.29 is 4.74 Å². The number of hydrogen-bond donors (Lipinski definition) is 1. The van der Waals surface area contributed by atoms with E-state index in [9.17, 15) is 0 Å². The summed E-state index contributed by atoms with van der Waals surface area (Å²) in [6.07, 6.45) is 1.35. The molecule has 1 aromatic heterocycles. The Bertz CT molecular complexity index is 287. The van der Waals surface area contributed by atoms with E-state index >= 15 is 0 Å². The Labute approximate surface area is 94.9 Å². The molecule has 4 heteroatoms. The van der Waals surface area contributed by atoms with Crippen molar-refractivity contribution in [2.45, 2.75) is 32.4 Å². The van der Waals surface area contributed by atoms with Crippen molar-refractivity contribution in [1.82, 2.24) is 10.3 Å². The summed E-state index contributed by atoms with van der Waals surface area (Å²) in [7, 11) is 0. The lowest BCUT2D eigenvalue weighted by atomic mass is 9.99. The first-order valence-electron chi connectivity index (χ1n) is 5.50. The first-order valence-corrected chi connectivity index (χ1v) is 6.44. The Morgan fingerprint density at radius 2 is 2.53 bits per heavy atom. The molecule has 1 aliphatic rings. The summed E-state index contributed by atoms with van der Waals surface area (Å²) in [4.78, 5) is 4.34. The van der Waals surface area contributed by atoms with Crippen LogP contribution in [0, 0.1) is 5.92 Å². The molecule has 84 valence electrons. The lowest BCUT2D eigenvalue weighted by Crippen LogP contribution is -2.30. The summed E-state index contributed by atoms with van der Waals surface area (Å²) in [5.41, 5.74) is 2.98. The molecule has 0 amide bonds. The first kappa shape index (κ1) is 11.0. The lowest BCUT2D eigenvalue weighted by Gasteiger charge is -2.18. The molecule has 0 radical (unpaired) electrons. The van der Waals surface area contributed by atoms with Crippen molar-refractivity contribution in [2.75, 3.05) is 13.2 Å². The maximum absolute atomic E-state index is 5.75. The normalized spacial score (nSPS) is 26.3. The van der Waals surface area contributed by atoms with Crippen molar-refractivity contribution in [3.63, 3.8) is 0 Å². The van der Waals surface area contributed by atoms with Gasteiger partial charge in [0.2, 0.25) is 0 Å². The third-order valence-corrected chi connectivity index (χ3v) is 3.35. The zero-order valence-corrected chi connectivity index (χ0v) is 10.1. The van der Waals surface area contributed by atoms with E-state index in [4.69, 9.17) is 4.74 Å². The SMILES string of the molecule is CC(C)NCC1CCOC1c1cscn1. The van der Waals surface area contributed by atoms with Crippen molar-refractivity contribution >= 4 is 11.3 Å². The third kappa shape index (κ3) is 2.77. The molecule has 1 N–H and O–H groups in total. The fourth-order valence-corrected chi connectivity index (χ4v) is 2.50. The van der Waals surface area contributed by atoms with Crippen molar-refractivity contribution in [3.8, 4) is 0 Å². The molecular formula is C11H18N2OS. The zero-order chi connectivity index (χ0) is 10.7. The summed E-state index contributed by atoms with van der Waals surface area (Å²) in [6, 6.07) is 0.543. The van der Waals surface area contributed by atoms with E-state index in [2.05, 4.69) is 29.5 Å². The van der Waals surface area contributed by atoms with Gasteiger partial charge in [-0.1, -0.05) is 13.8 Å². The number of nitrogens with one attached hydrogen (secondary N) is 1. The summed E-state index contributed by atoms with van der Waals surface area (Å²) in [5.74, 6) is 0.578. The number of aromatic nitrogens is 1. The second-order valence-corrected chi connectivity index (χ2v) is 5.04. The van der Waals surface area contributed by atoms with Gasteiger partial charge in [-0.25, -0.2) is 4.98 Å². The molecule has 1 aromatic rings. The molecule has 2 rings (SSSR count). The van der Waals surface area contributed by atoms with E-state index < -0.39 is 0 Å². The zero-order valence-electron chi connectivity index (χ0n) is 9.27. The van der Waals surface area contributed by atoms with Gasteiger partial charge in [-0.3, -0.25) is 0 Å². The van der Waals surface area contributed by atoms with E-state index in [-0.39, 0.29) is 6.10 Å². The van der Waals surface area contributed by atoms with Gasteiger partial charge in [0.05, 0.1) is 11.2 Å². The minimum absolute atomic E-state index is 0.211. The van der Waals surface area contributed by atoms with Crippen molar-refractivity contribution in [3.05, 3.63) is 16.6 Å². The monoisotopic (exact) mass is 226 g/mol. The van der Waals surface area contributed by atoms with Gasteiger partial charge in [0, 0.05) is 30.5 Å². The molecule has 0 saturated carbocycles. The molecule has 2 heterocycles. The highest BCUT2D eigenvalue weighted by molar-refractivity contribution is 7.07. The molecule has 0 aromatic carbocycles. The molecule has 15 heavy (non-hydrogen) atoms. The Morgan fingerprint density at radius 1 is 1.67 bits per heavy atom. The second-order valence-electron chi connectivity index (χ2n) is 4.32. The molecule has 3 nitrogen and oxygen atoms in total. The van der Waals surface area contributed by atoms with Crippen LogP contribution < -0.4 is 5.32 Å². The summed E-state index contributed by atoms with van der Waals surface area (Å²) >= 11 is 1.64. The number of thiazole rings is 1. The van der Waals surface area contributed by atoms with Crippen LogP contribution in [0.2, 0.25) is 0 Å². The molecule has 2 unspecified atom stereocenters. The molecule has 0 bridgehead atoms. The lowest BCUT2D eigenvalue weighted by molar-refractivity contribution is 0.0871. The van der Waals surface area contributed by atoms with Crippen LogP contribution in [-0.4, -0.2) is 24.2 Å². The van der Waals surface area contributed by atoms with Crippen LogP contribution in [0.3, 0.4) is 0 Å². The summed E-state index contributed by atoms with van der Waals surface area (Å²) in [5, 5.41) is 5.57. The molecule has 0 aliphatic carbocycles. The van der Waals surface area contributed by atoms with Crippen LogP contribution in [0.5, 0.6) is 0 Å². The maximum atomic E-state index is 5.75. The van der Waals surface area contributed by atoms with Crippen molar-refractivity contribution in [2.24, 2.45) is 5.92 Å². The molecular weight excluding hydrogens is 208 g/mol. The summed E-state index contributed by atoms with van der Waals surface area (Å²) < 4.78 is 5.75. The first-order chi connectivity index (χ1) is 7.27. The van der Waals surface area contributed by atoms with Gasteiger partial charge in [-0.2, -0.15) is 0 Å². The fraction of sp³-hybridized carbons (Fsp3) is 0.727. The van der Waals surface area contributed by atoms with Crippen LogP contribution in [0.1, 0.15) is 32.1 Å².